The standard InChI is InChI=1S/6C15H9.C11H14N4.2C7H6N4.6Au/c4*1-2-11-7-8-15-13(9-11)10-12-5-3-4-6-14(12)15;2*1-2-11-7-8-13-10-12-5-3-4-6-14(12)15(13)9-11;1-8-10(3)14(5-12-8)7-15-6-13-9(2)11(15)4;2*1-3-10(5-8-1)7-11-4-2-9-6-11;;;;;;/h6*3-9H,10H2;7H2,1-4H3;2*1-4H,7H2;;;;;;/q6*-1;3*-2;;;;;;. The zero-order valence-electron chi connectivity index (χ0n) is 72.4. The van der Waals surface area contributed by atoms with Gasteiger partial charge in [-0.3, -0.25) is 35.5 Å². The summed E-state index contributed by atoms with van der Waals surface area (Å²) in [5.74, 6) is 14.6. The normalized spacial score (nSPS) is 10.8. The Morgan fingerprint density at radius 1 is 0.233 bits per heavy atom. The van der Waals surface area contributed by atoms with Crippen molar-refractivity contribution in [3.05, 3.63) is 504 Å². The fourth-order valence-electron chi connectivity index (χ4n) is 16.3. The summed E-state index contributed by atoms with van der Waals surface area (Å²) < 4.78 is 11.2. The third-order valence-electron chi connectivity index (χ3n) is 23.1. The van der Waals surface area contributed by atoms with Gasteiger partial charge in [-0.25, -0.2) is 0 Å². The van der Waals surface area contributed by atoms with E-state index in [-0.39, 0.29) is 134 Å². The molecule has 6 aliphatic carbocycles. The molecule has 0 N–H and O–H groups in total. The van der Waals surface area contributed by atoms with Crippen LogP contribution in [0.5, 0.6) is 0 Å². The van der Waals surface area contributed by atoms with Crippen LogP contribution in [-0.2, 0) is 193 Å². The van der Waals surface area contributed by atoms with Crippen LogP contribution >= 0.6 is 0 Å². The monoisotopic (exact) mass is 2810 g/mol. The summed E-state index contributed by atoms with van der Waals surface area (Å²) in [5, 5.41) is 0. The fraction of sp³-hybridized carbons (Fsp3) is 0.113. The number of aryl methyl sites for hydroxylation is 2. The molecular weight excluding hydrogens is 2730 g/mol. The van der Waals surface area contributed by atoms with Crippen molar-refractivity contribution in [1.29, 1.82) is 0 Å². The topological polar surface area (TPSA) is 107 Å². The summed E-state index contributed by atoms with van der Waals surface area (Å²) in [5.41, 5.74) is 41.5. The Morgan fingerprint density at radius 3 is 0.654 bits per heavy atom. The van der Waals surface area contributed by atoms with Gasteiger partial charge in [0.2, 0.25) is 0 Å². The van der Waals surface area contributed by atoms with Crippen LogP contribution in [0.2, 0.25) is 0 Å². The molecule has 6 heterocycles. The molecule has 24 rings (SSSR count). The number of rotatable bonds is 6. The summed E-state index contributed by atoms with van der Waals surface area (Å²) >= 11 is 0. The van der Waals surface area contributed by atoms with Crippen LogP contribution in [0.1, 0.15) is 123 Å². The Balaban J connectivity index is 0.000000154. The van der Waals surface area contributed by atoms with Crippen molar-refractivity contribution >= 4 is 0 Å². The van der Waals surface area contributed by atoms with E-state index in [0.717, 1.165) is 94.7 Å². The first-order chi connectivity index (χ1) is 62.3. The number of benzene rings is 12. The van der Waals surface area contributed by atoms with Gasteiger partial charge in [0.25, 0.3) is 0 Å². The number of hydrogen-bond donors (Lipinski definition) is 0. The van der Waals surface area contributed by atoms with Gasteiger partial charge in [0.15, 0.2) is 0 Å². The van der Waals surface area contributed by atoms with E-state index in [2.05, 4.69) is 310 Å². The number of fused-ring (bicyclic) bond motifs is 18. The molecule has 0 aliphatic heterocycles. The molecule has 0 amide bonds. The molecule has 0 spiro atoms. The number of hydrogen-bond acceptors (Lipinski definition) is 6. The smallest absolute Gasteiger partial charge is 0.0558 e. The van der Waals surface area contributed by atoms with E-state index in [1.807, 2.05) is 128 Å². The molecule has 18 aromatic rings. The van der Waals surface area contributed by atoms with Gasteiger partial charge < -0.3 is 95.8 Å². The van der Waals surface area contributed by atoms with Gasteiger partial charge in [-0.1, -0.05) is 243 Å². The second-order valence-corrected chi connectivity index (χ2v) is 31.0. The van der Waals surface area contributed by atoms with Gasteiger partial charge in [0, 0.05) is 172 Å². The van der Waals surface area contributed by atoms with Crippen molar-refractivity contribution in [2.24, 2.45) is 0 Å². The van der Waals surface area contributed by atoms with Crippen molar-refractivity contribution in [2.75, 3.05) is 0 Å². The molecule has 0 saturated carbocycles. The van der Waals surface area contributed by atoms with Crippen LogP contribution in [0.4, 0.5) is 0 Å². The summed E-state index contributed by atoms with van der Waals surface area (Å²) in [4.78, 5) is 23.5. The molecular formula is C115H80Au6N12-12. The van der Waals surface area contributed by atoms with Crippen molar-refractivity contribution in [1.82, 2.24) is 57.3 Å². The Bertz CT molecular complexity index is 6570. The molecule has 12 nitrogen and oxygen atoms in total. The third-order valence-corrected chi connectivity index (χ3v) is 23.1. The largest absolute Gasteiger partial charge is 0.439 e. The Morgan fingerprint density at radius 2 is 0.436 bits per heavy atom. The fourth-order valence-corrected chi connectivity index (χ4v) is 16.3. The summed E-state index contributed by atoms with van der Waals surface area (Å²) in [7, 11) is 0. The first-order valence-corrected chi connectivity index (χ1v) is 41.5. The van der Waals surface area contributed by atoms with Crippen molar-refractivity contribution in [3.63, 3.8) is 0 Å². The maximum Gasteiger partial charge on any atom is 0.0558 e. The average Bonchev–Trinajstić information content (AvgIpc) is 1.64. The number of aromatic nitrogens is 12. The van der Waals surface area contributed by atoms with Gasteiger partial charge in [0.1, 0.15) is 0 Å². The van der Waals surface area contributed by atoms with Crippen LogP contribution in [0.25, 0.3) is 66.8 Å². The molecule has 6 radical (unpaired) electrons. The molecule has 6 aromatic heterocycles. The first-order valence-electron chi connectivity index (χ1n) is 41.5. The van der Waals surface area contributed by atoms with E-state index in [1.54, 1.807) is 24.8 Å². The molecule has 6 aliphatic rings. The van der Waals surface area contributed by atoms with Gasteiger partial charge >= 0.3 is 0 Å². The van der Waals surface area contributed by atoms with Crippen LogP contribution < -0.4 is 0 Å². The van der Waals surface area contributed by atoms with Gasteiger partial charge in [-0.05, 0) is 150 Å². The molecule has 0 bridgehead atoms. The van der Waals surface area contributed by atoms with Crippen LogP contribution in [-0.4, -0.2) is 57.3 Å². The second-order valence-electron chi connectivity index (χ2n) is 31.0. The maximum atomic E-state index is 7.14. The maximum absolute atomic E-state index is 7.14. The number of nitrogens with zero attached hydrogens (tertiary/aromatic N) is 12. The molecule has 18 heteroatoms. The van der Waals surface area contributed by atoms with Gasteiger partial charge in [-0.15, -0.1) is 167 Å². The Hall–Kier alpha value is -12.3. The third kappa shape index (κ3) is 25.0. The van der Waals surface area contributed by atoms with E-state index in [1.165, 1.54) is 134 Å². The predicted molar refractivity (Wildman–Crippen MR) is 497 cm³/mol. The molecule has 0 saturated heterocycles. The molecule has 0 fully saturated rings. The van der Waals surface area contributed by atoms with E-state index in [9.17, 15) is 0 Å². The minimum absolute atomic E-state index is 0. The second kappa shape index (κ2) is 49.4. The molecule has 133 heavy (non-hydrogen) atoms. The zero-order chi connectivity index (χ0) is 87.5. The summed E-state index contributed by atoms with van der Waals surface area (Å²) in [6, 6.07) is 87.5. The Kier molecular flexibility index (Phi) is 38.2. The van der Waals surface area contributed by atoms with Gasteiger partial charge in [0.05, 0.1) is 20.0 Å². The van der Waals surface area contributed by atoms with Crippen molar-refractivity contribution in [2.45, 2.75) is 86.2 Å². The van der Waals surface area contributed by atoms with Crippen molar-refractivity contribution in [3.8, 4) is 102 Å². The van der Waals surface area contributed by atoms with Crippen LogP contribution in [0.3, 0.4) is 0 Å². The summed E-state index contributed by atoms with van der Waals surface area (Å²) in [6.07, 6.45) is 79.9. The zero-order valence-corrected chi connectivity index (χ0v) is 85.4. The molecule has 0 unspecified atom stereocenters. The Labute approximate surface area is 874 Å². The van der Waals surface area contributed by atoms with E-state index in [4.69, 9.17) is 38.5 Å². The molecule has 12 aromatic carbocycles. The average molecular weight is 2810 g/mol. The minimum Gasteiger partial charge on any atom is -0.439 e. The van der Waals surface area contributed by atoms with Crippen molar-refractivity contribution < 1.29 is 134 Å². The molecule has 678 valence electrons. The minimum atomic E-state index is 0. The van der Waals surface area contributed by atoms with E-state index >= 15 is 0 Å². The van der Waals surface area contributed by atoms with Gasteiger partial charge in [-0.2, -0.15) is 0 Å². The van der Waals surface area contributed by atoms with Crippen LogP contribution in [0, 0.1) is 140 Å². The predicted octanol–water partition coefficient (Wildman–Crippen LogP) is 21.0. The molecule has 0 atom stereocenters. The quantitative estimate of drug-likeness (QED) is 0.0932. The SMILES string of the molecule is Cc1n[c-]n(Cn2[c-]nc(C)c2C)c1C.[Au].[Au].[Au].[Au].[Au].[Au].[C-]#Cc1ccc2c(c1)-c1ccccc1C2.[C-]#Cc1ccc2c(c1)-c1ccccc1C2.[C-]#Cc1ccc2c(c1)Cc1ccccc1-2.[C-]#Cc1ccc2c(c1)Cc1ccccc1-2.[C-]#Cc1ccc2c(c1)Cc1ccccc1-2.[C-]#Cc1ccc2c(c1)Cc1ccccc1-2.[c-]1nccn1Cn1[c-]ncc1.[c-]1nccn1Cn1[c-]ncc1. The van der Waals surface area contributed by atoms with Crippen LogP contribution in [0.15, 0.2) is 304 Å². The number of imidazole rings is 6. The van der Waals surface area contributed by atoms with E-state index in [0.29, 0.717) is 20.0 Å². The first kappa shape index (κ1) is 103. The summed E-state index contributed by atoms with van der Waals surface area (Å²) in [6.45, 7) is 10.1. The van der Waals surface area contributed by atoms with E-state index < -0.39 is 0 Å².